The van der Waals surface area contributed by atoms with Crippen molar-refractivity contribution in [3.8, 4) is 0 Å². The maximum absolute atomic E-state index is 6.12. The van der Waals surface area contributed by atoms with Crippen molar-refractivity contribution < 1.29 is 4.74 Å². The van der Waals surface area contributed by atoms with E-state index in [0.717, 1.165) is 56.1 Å². The molecular weight excluding hydrogens is 501 g/mol. The Hall–Kier alpha value is -1.29. The van der Waals surface area contributed by atoms with Gasteiger partial charge < -0.3 is 19.5 Å². The quantitative estimate of drug-likeness (QED) is 0.353. The van der Waals surface area contributed by atoms with E-state index in [9.17, 15) is 0 Å². The number of ether oxygens (including phenoxy) is 1. The number of hydrogen-bond acceptors (Lipinski definition) is 3. The molecule has 29 heavy (non-hydrogen) atoms. The number of morpholine rings is 1. The maximum atomic E-state index is 6.12. The summed E-state index contributed by atoms with van der Waals surface area (Å²) in [4.78, 5) is 9.08. The van der Waals surface area contributed by atoms with Crippen molar-refractivity contribution in [2.45, 2.75) is 12.6 Å². The molecule has 1 aromatic carbocycles. The molecule has 2 aromatic rings. The highest BCUT2D eigenvalue weighted by molar-refractivity contribution is 14.0. The molecule has 1 aliphatic rings. The summed E-state index contributed by atoms with van der Waals surface area (Å²) >= 11 is 6.12. The Labute approximate surface area is 195 Å². The summed E-state index contributed by atoms with van der Waals surface area (Å²) in [5, 5.41) is 4.32. The molecule has 1 saturated heterocycles. The highest BCUT2D eigenvalue weighted by atomic mass is 127. The van der Waals surface area contributed by atoms with E-state index in [1.165, 1.54) is 5.56 Å². The number of benzene rings is 1. The van der Waals surface area contributed by atoms with Gasteiger partial charge in [0, 0.05) is 52.7 Å². The van der Waals surface area contributed by atoms with Crippen LogP contribution in [0.4, 0.5) is 0 Å². The largest absolute Gasteiger partial charge is 0.379 e. The van der Waals surface area contributed by atoms with Crippen LogP contribution in [0.2, 0.25) is 5.02 Å². The first-order valence-corrected chi connectivity index (χ1v) is 10.1. The Bertz CT molecular complexity index is 777. The fraction of sp³-hybridized carbons (Fsp3) is 0.476. The Kier molecular flexibility index (Phi) is 9.74. The van der Waals surface area contributed by atoms with Gasteiger partial charge in [0.2, 0.25) is 0 Å². The number of halogens is 2. The third-order valence-corrected chi connectivity index (χ3v) is 5.38. The number of nitrogens with one attached hydrogen (secondary N) is 1. The first-order valence-electron chi connectivity index (χ1n) is 9.67. The molecule has 0 bridgehead atoms. The summed E-state index contributed by atoms with van der Waals surface area (Å²) in [5.74, 6) is 0.867. The zero-order chi connectivity index (χ0) is 19.9. The molecule has 6 nitrogen and oxygen atoms in total. The topological polar surface area (TPSA) is 45.0 Å². The molecule has 3 rings (SSSR count). The highest BCUT2D eigenvalue weighted by Crippen LogP contribution is 2.21. The third-order valence-electron chi connectivity index (χ3n) is 5.17. The second-order valence-electron chi connectivity index (χ2n) is 7.12. The van der Waals surface area contributed by atoms with E-state index in [1.54, 1.807) is 0 Å². The number of aromatic nitrogens is 1. The number of hydrogen-bond donors (Lipinski definition) is 1. The molecule has 1 fully saturated rings. The molecule has 8 heteroatoms. The molecule has 0 saturated carbocycles. The second-order valence-corrected chi connectivity index (χ2v) is 7.56. The smallest absolute Gasteiger partial charge is 0.193 e. The van der Waals surface area contributed by atoms with Gasteiger partial charge in [0.05, 0.1) is 30.8 Å². The van der Waals surface area contributed by atoms with E-state index in [2.05, 4.69) is 50.4 Å². The van der Waals surface area contributed by atoms with Gasteiger partial charge in [0.25, 0.3) is 0 Å². The lowest BCUT2D eigenvalue weighted by molar-refractivity contribution is 0.0169. The van der Waals surface area contributed by atoms with E-state index >= 15 is 0 Å². The number of aryl methyl sites for hydroxylation is 1. The van der Waals surface area contributed by atoms with Crippen LogP contribution < -0.4 is 5.32 Å². The van der Waals surface area contributed by atoms with Crippen molar-refractivity contribution in [2.24, 2.45) is 12.0 Å². The Balaban J connectivity index is 0.00000300. The maximum Gasteiger partial charge on any atom is 0.193 e. The van der Waals surface area contributed by atoms with Crippen molar-refractivity contribution in [2.75, 3.05) is 46.9 Å². The SMILES string of the molecule is CN=C(NCC(c1ccccc1)N1CCOCC1)N(C)Cc1cc(Cl)cn1C.I. The Morgan fingerprint density at radius 2 is 1.97 bits per heavy atom. The van der Waals surface area contributed by atoms with Crippen LogP contribution in [0, 0.1) is 0 Å². The monoisotopic (exact) mass is 531 g/mol. The van der Waals surface area contributed by atoms with Gasteiger partial charge in [-0.2, -0.15) is 0 Å². The van der Waals surface area contributed by atoms with Crippen LogP contribution in [0.25, 0.3) is 0 Å². The van der Waals surface area contributed by atoms with Gasteiger partial charge in [0.15, 0.2) is 5.96 Å². The van der Waals surface area contributed by atoms with Crippen molar-refractivity contribution in [3.05, 3.63) is 58.9 Å². The fourth-order valence-electron chi connectivity index (χ4n) is 3.64. The molecule has 1 aromatic heterocycles. The molecule has 2 heterocycles. The van der Waals surface area contributed by atoms with Crippen molar-refractivity contribution in [1.29, 1.82) is 0 Å². The minimum Gasteiger partial charge on any atom is -0.379 e. The first-order chi connectivity index (χ1) is 13.6. The van der Waals surface area contributed by atoms with Crippen LogP contribution in [0.3, 0.4) is 0 Å². The van der Waals surface area contributed by atoms with Gasteiger partial charge in [-0.15, -0.1) is 24.0 Å². The normalized spacial score (nSPS) is 16.2. The summed E-state index contributed by atoms with van der Waals surface area (Å²) in [6.45, 7) is 4.97. The van der Waals surface area contributed by atoms with Crippen molar-refractivity contribution in [1.82, 2.24) is 19.7 Å². The second kappa shape index (κ2) is 11.8. The molecule has 0 radical (unpaired) electrons. The van der Waals surface area contributed by atoms with Crippen LogP contribution in [0.15, 0.2) is 47.6 Å². The lowest BCUT2D eigenvalue weighted by atomic mass is 10.0. The van der Waals surface area contributed by atoms with Gasteiger partial charge in [-0.3, -0.25) is 9.89 Å². The van der Waals surface area contributed by atoms with Crippen LogP contribution in [0.1, 0.15) is 17.3 Å². The first kappa shape index (κ1) is 24.0. The van der Waals surface area contributed by atoms with Crippen LogP contribution in [-0.4, -0.2) is 67.3 Å². The lowest BCUT2D eigenvalue weighted by Crippen LogP contribution is -2.46. The average molecular weight is 532 g/mol. The number of aliphatic imine (C=N–C) groups is 1. The van der Waals surface area contributed by atoms with E-state index in [0.29, 0.717) is 0 Å². The number of guanidine groups is 1. The van der Waals surface area contributed by atoms with Gasteiger partial charge in [-0.1, -0.05) is 41.9 Å². The van der Waals surface area contributed by atoms with Gasteiger partial charge in [0.1, 0.15) is 0 Å². The molecule has 0 aliphatic carbocycles. The minimum absolute atomic E-state index is 0. The summed E-state index contributed by atoms with van der Waals surface area (Å²) in [6.07, 6.45) is 1.92. The zero-order valence-electron chi connectivity index (χ0n) is 17.3. The van der Waals surface area contributed by atoms with Crippen LogP contribution in [-0.2, 0) is 18.3 Å². The van der Waals surface area contributed by atoms with E-state index < -0.39 is 0 Å². The van der Waals surface area contributed by atoms with Gasteiger partial charge in [-0.25, -0.2) is 0 Å². The van der Waals surface area contributed by atoms with Gasteiger partial charge >= 0.3 is 0 Å². The highest BCUT2D eigenvalue weighted by Gasteiger charge is 2.23. The zero-order valence-corrected chi connectivity index (χ0v) is 20.4. The molecule has 1 unspecified atom stereocenters. The minimum atomic E-state index is 0. The molecule has 0 amide bonds. The number of nitrogens with zero attached hydrogens (tertiary/aromatic N) is 4. The molecule has 1 atom stereocenters. The summed E-state index contributed by atoms with van der Waals surface area (Å²) in [7, 11) is 5.88. The average Bonchev–Trinajstić information content (AvgIpc) is 3.03. The fourth-order valence-corrected chi connectivity index (χ4v) is 3.91. The summed E-state index contributed by atoms with van der Waals surface area (Å²) in [6, 6.07) is 12.9. The van der Waals surface area contributed by atoms with Crippen LogP contribution >= 0.6 is 35.6 Å². The summed E-state index contributed by atoms with van der Waals surface area (Å²) < 4.78 is 7.59. The van der Waals surface area contributed by atoms with Crippen molar-refractivity contribution >= 4 is 41.5 Å². The molecule has 1 aliphatic heterocycles. The predicted octanol–water partition coefficient (Wildman–Crippen LogP) is 3.38. The van der Waals surface area contributed by atoms with E-state index in [1.807, 2.05) is 38.0 Å². The van der Waals surface area contributed by atoms with Crippen LogP contribution in [0.5, 0.6) is 0 Å². The molecule has 160 valence electrons. The van der Waals surface area contributed by atoms with E-state index in [4.69, 9.17) is 16.3 Å². The molecule has 1 N–H and O–H groups in total. The van der Waals surface area contributed by atoms with Crippen molar-refractivity contribution in [3.63, 3.8) is 0 Å². The Morgan fingerprint density at radius 3 is 2.55 bits per heavy atom. The molecule has 0 spiro atoms. The lowest BCUT2D eigenvalue weighted by Gasteiger charge is -2.35. The third kappa shape index (κ3) is 6.60. The standard InChI is InChI=1S/C21H30ClN5O.HI/c1-23-21(26(3)16-19-13-18(22)15-25(19)2)24-14-20(17-7-5-4-6-8-17)27-9-11-28-12-10-27;/h4-8,13,15,20H,9-12,14,16H2,1-3H3,(H,23,24);1H. The predicted molar refractivity (Wildman–Crippen MR) is 130 cm³/mol. The van der Waals surface area contributed by atoms with E-state index in [-0.39, 0.29) is 30.0 Å². The van der Waals surface area contributed by atoms with Gasteiger partial charge in [-0.05, 0) is 11.6 Å². The number of rotatable bonds is 6. The Morgan fingerprint density at radius 1 is 1.28 bits per heavy atom. The summed E-state index contributed by atoms with van der Waals surface area (Å²) in [5.41, 5.74) is 2.45. The molecular formula is C21H31ClIN5O.